The van der Waals surface area contributed by atoms with Crippen LogP contribution in [0.5, 0.6) is 5.75 Å². The van der Waals surface area contributed by atoms with Crippen molar-refractivity contribution in [3.63, 3.8) is 0 Å². The minimum atomic E-state index is -3.86. The van der Waals surface area contributed by atoms with Gasteiger partial charge in [0.25, 0.3) is 10.0 Å². The Kier molecular flexibility index (Phi) is 4.75. The van der Waals surface area contributed by atoms with Gasteiger partial charge in [0.2, 0.25) is 0 Å². The third-order valence-electron chi connectivity index (χ3n) is 5.43. The minimum Gasteiger partial charge on any atom is -0.488 e. The number of para-hydroxylation sites is 1. The molecule has 0 saturated heterocycles. The van der Waals surface area contributed by atoms with Gasteiger partial charge >= 0.3 is 0 Å². The molecule has 4 nitrogen and oxygen atoms in total. The Morgan fingerprint density at radius 2 is 1.52 bits per heavy atom. The normalized spacial score (nSPS) is 13.3. The molecule has 0 N–H and O–H groups in total. The molecule has 0 radical (unpaired) electrons. The third kappa shape index (κ3) is 3.37. The van der Waals surface area contributed by atoms with E-state index in [1.54, 1.807) is 12.1 Å². The third-order valence-corrected chi connectivity index (χ3v) is 7.18. The Balaban J connectivity index is 1.73. The lowest BCUT2D eigenvalue weighted by molar-refractivity contribution is 0.361. The predicted molar refractivity (Wildman–Crippen MR) is 125 cm³/mol. The van der Waals surface area contributed by atoms with Crippen molar-refractivity contribution in [2.24, 2.45) is 0 Å². The van der Waals surface area contributed by atoms with Crippen molar-refractivity contribution in [3.8, 4) is 5.75 Å². The van der Waals surface area contributed by atoms with Gasteiger partial charge in [-0.05, 0) is 48.7 Å². The first-order valence-corrected chi connectivity index (χ1v) is 11.5. The summed E-state index contributed by atoms with van der Waals surface area (Å²) in [6, 6.07) is 28.0. The number of anilines is 1. The molecule has 4 aromatic carbocycles. The van der Waals surface area contributed by atoms with Crippen LogP contribution < -0.4 is 9.04 Å². The predicted octanol–water partition coefficient (Wildman–Crippen LogP) is 5.78. The average molecular weight is 428 g/mol. The Labute approximate surface area is 182 Å². The molecule has 0 bridgehead atoms. The van der Waals surface area contributed by atoms with Crippen molar-refractivity contribution < 1.29 is 13.2 Å². The summed E-state index contributed by atoms with van der Waals surface area (Å²) in [5.41, 5.74) is 2.94. The molecule has 1 aliphatic rings. The Morgan fingerprint density at radius 1 is 0.806 bits per heavy atom. The topological polar surface area (TPSA) is 46.6 Å². The SMILES string of the molecule is Cc1ccc(S(=O)(=O)N(C2=CCOc3c2ccc2ccccc32)c2ccccc2)cc1. The van der Waals surface area contributed by atoms with Crippen LogP contribution in [-0.4, -0.2) is 15.0 Å². The molecule has 0 amide bonds. The number of fused-ring (bicyclic) bond motifs is 3. The molecule has 5 rings (SSSR count). The highest BCUT2D eigenvalue weighted by Gasteiger charge is 2.32. The van der Waals surface area contributed by atoms with E-state index in [4.69, 9.17) is 4.74 Å². The molecular weight excluding hydrogens is 406 g/mol. The van der Waals surface area contributed by atoms with E-state index in [0.717, 1.165) is 21.9 Å². The van der Waals surface area contributed by atoms with Crippen LogP contribution in [0.3, 0.4) is 0 Å². The number of aryl methyl sites for hydroxylation is 1. The maximum atomic E-state index is 13.9. The summed E-state index contributed by atoms with van der Waals surface area (Å²) in [7, 11) is -3.86. The van der Waals surface area contributed by atoms with E-state index in [1.807, 2.05) is 91.9 Å². The average Bonchev–Trinajstić information content (AvgIpc) is 2.80. The van der Waals surface area contributed by atoms with Gasteiger partial charge in [-0.3, -0.25) is 0 Å². The molecule has 4 aromatic rings. The fourth-order valence-corrected chi connectivity index (χ4v) is 5.41. The quantitative estimate of drug-likeness (QED) is 0.415. The largest absolute Gasteiger partial charge is 0.488 e. The van der Waals surface area contributed by atoms with Crippen molar-refractivity contribution in [1.82, 2.24) is 0 Å². The van der Waals surface area contributed by atoms with Gasteiger partial charge in [0.15, 0.2) is 0 Å². The summed E-state index contributed by atoms with van der Waals surface area (Å²) < 4.78 is 35.1. The van der Waals surface area contributed by atoms with Gasteiger partial charge in [0, 0.05) is 10.9 Å². The van der Waals surface area contributed by atoms with E-state index in [-0.39, 0.29) is 4.90 Å². The first-order chi connectivity index (χ1) is 15.1. The molecular formula is C26H21NO3S. The number of sulfonamides is 1. The van der Waals surface area contributed by atoms with Crippen LogP contribution in [0.15, 0.2) is 102 Å². The van der Waals surface area contributed by atoms with Crippen molar-refractivity contribution in [2.75, 3.05) is 10.9 Å². The maximum Gasteiger partial charge on any atom is 0.268 e. The summed E-state index contributed by atoms with van der Waals surface area (Å²) >= 11 is 0. The number of hydrogen-bond donors (Lipinski definition) is 0. The standard InChI is InChI=1S/C26H21NO3S/c1-19-11-14-22(15-12-19)31(28,29)27(21-8-3-2-4-9-21)25-17-18-30-26-23-10-6-5-7-20(23)13-16-24(25)26/h2-17H,18H2,1H3. The Morgan fingerprint density at radius 3 is 2.29 bits per heavy atom. The molecule has 1 aliphatic heterocycles. The molecule has 1 heterocycles. The minimum absolute atomic E-state index is 0.247. The van der Waals surface area contributed by atoms with Crippen LogP contribution in [0.25, 0.3) is 16.5 Å². The van der Waals surface area contributed by atoms with E-state index in [9.17, 15) is 8.42 Å². The van der Waals surface area contributed by atoms with Gasteiger partial charge in [-0.25, -0.2) is 12.7 Å². The van der Waals surface area contributed by atoms with Gasteiger partial charge in [-0.15, -0.1) is 0 Å². The summed E-state index contributed by atoms with van der Waals surface area (Å²) in [6.07, 6.45) is 1.83. The number of rotatable bonds is 4. The van der Waals surface area contributed by atoms with Crippen molar-refractivity contribution in [2.45, 2.75) is 11.8 Å². The first kappa shape index (κ1) is 19.4. The smallest absolute Gasteiger partial charge is 0.268 e. The van der Waals surface area contributed by atoms with Gasteiger partial charge < -0.3 is 4.74 Å². The van der Waals surface area contributed by atoms with Crippen molar-refractivity contribution in [3.05, 3.63) is 108 Å². The van der Waals surface area contributed by atoms with E-state index in [1.165, 1.54) is 4.31 Å². The Hall–Kier alpha value is -3.57. The fourth-order valence-electron chi connectivity index (χ4n) is 3.89. The van der Waals surface area contributed by atoms with Crippen molar-refractivity contribution >= 4 is 32.2 Å². The lowest BCUT2D eigenvalue weighted by Crippen LogP contribution is -2.31. The zero-order valence-corrected chi connectivity index (χ0v) is 17.8. The van der Waals surface area contributed by atoms with Crippen LogP contribution in [0, 0.1) is 6.92 Å². The molecule has 0 aromatic heterocycles. The molecule has 0 unspecified atom stereocenters. The second-order valence-corrected chi connectivity index (χ2v) is 9.27. The van der Waals surface area contributed by atoms with Crippen molar-refractivity contribution in [1.29, 1.82) is 0 Å². The fraction of sp³-hybridized carbons (Fsp3) is 0.0769. The number of hydrogen-bond acceptors (Lipinski definition) is 3. The molecule has 31 heavy (non-hydrogen) atoms. The van der Waals surface area contributed by atoms with E-state index in [0.29, 0.717) is 23.7 Å². The second-order valence-electron chi connectivity index (χ2n) is 7.48. The highest BCUT2D eigenvalue weighted by atomic mass is 32.2. The van der Waals surface area contributed by atoms with Gasteiger partial charge in [0.1, 0.15) is 12.4 Å². The van der Waals surface area contributed by atoms with E-state index < -0.39 is 10.0 Å². The number of ether oxygens (including phenoxy) is 1. The summed E-state index contributed by atoms with van der Waals surface area (Å²) in [5.74, 6) is 0.704. The van der Waals surface area contributed by atoms with Gasteiger partial charge in [0.05, 0.1) is 16.3 Å². The van der Waals surface area contributed by atoms with Crippen LogP contribution in [0.1, 0.15) is 11.1 Å². The summed E-state index contributed by atoms with van der Waals surface area (Å²) in [6.45, 7) is 2.23. The molecule has 0 fully saturated rings. The lowest BCUT2D eigenvalue weighted by atomic mass is 10.0. The highest BCUT2D eigenvalue weighted by Crippen LogP contribution is 2.41. The lowest BCUT2D eigenvalue weighted by Gasteiger charge is -2.30. The zero-order chi connectivity index (χ0) is 21.4. The van der Waals surface area contributed by atoms with Crippen LogP contribution >= 0.6 is 0 Å². The molecule has 154 valence electrons. The number of nitrogens with zero attached hydrogens (tertiary/aromatic N) is 1. The summed E-state index contributed by atoms with van der Waals surface area (Å²) in [5, 5.41) is 2.02. The molecule has 0 aliphatic carbocycles. The Bertz CT molecular complexity index is 1390. The van der Waals surface area contributed by atoms with Gasteiger partial charge in [-0.1, -0.05) is 66.2 Å². The van der Waals surface area contributed by atoms with E-state index >= 15 is 0 Å². The van der Waals surface area contributed by atoms with Gasteiger partial charge in [-0.2, -0.15) is 0 Å². The van der Waals surface area contributed by atoms with E-state index in [2.05, 4.69) is 0 Å². The first-order valence-electron chi connectivity index (χ1n) is 10.1. The molecule has 0 saturated carbocycles. The second kappa shape index (κ2) is 7.60. The molecule has 0 spiro atoms. The molecule has 5 heteroatoms. The molecule has 0 atom stereocenters. The highest BCUT2D eigenvalue weighted by molar-refractivity contribution is 7.93. The monoisotopic (exact) mass is 427 g/mol. The zero-order valence-electron chi connectivity index (χ0n) is 17.0. The van der Waals surface area contributed by atoms with Crippen LogP contribution in [0.4, 0.5) is 5.69 Å². The maximum absolute atomic E-state index is 13.9. The van der Waals surface area contributed by atoms with Crippen LogP contribution in [0.2, 0.25) is 0 Å². The summed E-state index contributed by atoms with van der Waals surface area (Å²) in [4.78, 5) is 0.247. The van der Waals surface area contributed by atoms with Crippen LogP contribution in [-0.2, 0) is 10.0 Å². The number of benzene rings is 4.